The van der Waals surface area contributed by atoms with E-state index in [-0.39, 0.29) is 5.75 Å². The lowest BCUT2D eigenvalue weighted by Crippen LogP contribution is -2.05. The summed E-state index contributed by atoms with van der Waals surface area (Å²) < 4.78 is 28.7. The standard InChI is InChI=1S/C13H17F2NO/c1-8(2)5-9-7-16-12-4-3-10(6-11(9)12)17-13(14)15/h3-4,6,8-9,13,16H,5,7H2,1-2H3. The van der Waals surface area contributed by atoms with Crippen molar-refractivity contribution in [3.8, 4) is 5.75 Å². The molecular weight excluding hydrogens is 224 g/mol. The van der Waals surface area contributed by atoms with E-state index in [2.05, 4.69) is 23.9 Å². The van der Waals surface area contributed by atoms with E-state index in [0.29, 0.717) is 11.8 Å². The molecule has 1 aliphatic heterocycles. The van der Waals surface area contributed by atoms with Crippen LogP contribution in [0.4, 0.5) is 14.5 Å². The van der Waals surface area contributed by atoms with E-state index in [0.717, 1.165) is 24.2 Å². The Morgan fingerprint density at radius 1 is 1.41 bits per heavy atom. The van der Waals surface area contributed by atoms with Crippen LogP contribution in [0.2, 0.25) is 0 Å². The van der Waals surface area contributed by atoms with Crippen molar-refractivity contribution in [1.82, 2.24) is 0 Å². The Morgan fingerprint density at radius 2 is 2.18 bits per heavy atom. The van der Waals surface area contributed by atoms with Gasteiger partial charge in [-0.25, -0.2) is 0 Å². The predicted molar refractivity (Wildman–Crippen MR) is 63.8 cm³/mol. The summed E-state index contributed by atoms with van der Waals surface area (Å²) in [6.45, 7) is 2.45. The Hall–Kier alpha value is -1.32. The van der Waals surface area contributed by atoms with Crippen molar-refractivity contribution in [2.45, 2.75) is 32.8 Å². The number of ether oxygens (including phenoxy) is 1. The highest BCUT2D eigenvalue weighted by molar-refractivity contribution is 5.60. The number of rotatable bonds is 4. The number of hydrogen-bond acceptors (Lipinski definition) is 2. The summed E-state index contributed by atoms with van der Waals surface area (Å²) in [5.74, 6) is 1.23. The molecule has 0 saturated heterocycles. The fraction of sp³-hybridized carbons (Fsp3) is 0.538. The smallest absolute Gasteiger partial charge is 0.387 e. The van der Waals surface area contributed by atoms with Gasteiger partial charge in [0, 0.05) is 18.2 Å². The van der Waals surface area contributed by atoms with Crippen LogP contribution in [-0.2, 0) is 0 Å². The van der Waals surface area contributed by atoms with Crippen LogP contribution in [0.3, 0.4) is 0 Å². The minimum absolute atomic E-state index is 0.246. The van der Waals surface area contributed by atoms with Crippen molar-refractivity contribution in [2.75, 3.05) is 11.9 Å². The van der Waals surface area contributed by atoms with E-state index < -0.39 is 6.61 Å². The summed E-state index contributed by atoms with van der Waals surface area (Å²) in [4.78, 5) is 0. The van der Waals surface area contributed by atoms with Crippen molar-refractivity contribution in [2.24, 2.45) is 5.92 Å². The Bertz CT molecular complexity index is 393. The molecule has 1 aromatic carbocycles. The SMILES string of the molecule is CC(C)CC1CNc2ccc(OC(F)F)cc21. The minimum Gasteiger partial charge on any atom is -0.435 e. The number of halogens is 2. The van der Waals surface area contributed by atoms with Gasteiger partial charge >= 0.3 is 6.61 Å². The number of benzene rings is 1. The van der Waals surface area contributed by atoms with Gasteiger partial charge in [0.1, 0.15) is 5.75 Å². The van der Waals surface area contributed by atoms with Gasteiger partial charge in [-0.2, -0.15) is 8.78 Å². The lowest BCUT2D eigenvalue weighted by Gasteiger charge is -2.13. The topological polar surface area (TPSA) is 21.3 Å². The van der Waals surface area contributed by atoms with Gasteiger partial charge in [-0.15, -0.1) is 0 Å². The molecule has 0 aliphatic carbocycles. The van der Waals surface area contributed by atoms with Gasteiger partial charge in [-0.1, -0.05) is 13.8 Å². The molecule has 0 fully saturated rings. The molecule has 0 amide bonds. The first-order chi connectivity index (χ1) is 8.06. The second-order valence-electron chi connectivity index (χ2n) is 4.83. The molecule has 4 heteroatoms. The molecule has 1 unspecified atom stereocenters. The van der Waals surface area contributed by atoms with Crippen LogP contribution < -0.4 is 10.1 Å². The molecule has 1 aliphatic rings. The maximum atomic E-state index is 12.1. The molecule has 2 rings (SSSR count). The van der Waals surface area contributed by atoms with Gasteiger partial charge < -0.3 is 10.1 Å². The van der Waals surface area contributed by atoms with Gasteiger partial charge in [0.15, 0.2) is 0 Å². The lowest BCUT2D eigenvalue weighted by atomic mass is 9.92. The Morgan fingerprint density at radius 3 is 2.82 bits per heavy atom. The van der Waals surface area contributed by atoms with Crippen LogP contribution in [0.1, 0.15) is 31.7 Å². The molecular formula is C13H17F2NO. The molecule has 94 valence electrons. The van der Waals surface area contributed by atoms with E-state index in [1.54, 1.807) is 12.1 Å². The summed E-state index contributed by atoms with van der Waals surface area (Å²) in [5.41, 5.74) is 2.13. The zero-order valence-electron chi connectivity index (χ0n) is 10.0. The van der Waals surface area contributed by atoms with E-state index in [4.69, 9.17) is 0 Å². The molecule has 1 heterocycles. The fourth-order valence-electron chi connectivity index (χ4n) is 2.34. The van der Waals surface area contributed by atoms with Crippen LogP contribution in [0, 0.1) is 5.92 Å². The third kappa shape index (κ3) is 2.87. The van der Waals surface area contributed by atoms with Gasteiger partial charge in [-0.05, 0) is 36.1 Å². The third-order valence-electron chi connectivity index (χ3n) is 2.98. The maximum Gasteiger partial charge on any atom is 0.387 e. The molecule has 0 bridgehead atoms. The van der Waals surface area contributed by atoms with Crippen molar-refractivity contribution in [3.63, 3.8) is 0 Å². The molecule has 17 heavy (non-hydrogen) atoms. The largest absolute Gasteiger partial charge is 0.435 e. The highest BCUT2D eigenvalue weighted by Gasteiger charge is 2.23. The van der Waals surface area contributed by atoms with Crippen LogP contribution in [0.5, 0.6) is 5.75 Å². The number of fused-ring (bicyclic) bond motifs is 1. The first-order valence-electron chi connectivity index (χ1n) is 5.89. The zero-order valence-corrected chi connectivity index (χ0v) is 10.0. The van der Waals surface area contributed by atoms with Crippen LogP contribution in [-0.4, -0.2) is 13.2 Å². The van der Waals surface area contributed by atoms with Crippen LogP contribution >= 0.6 is 0 Å². The van der Waals surface area contributed by atoms with Gasteiger partial charge in [0.05, 0.1) is 0 Å². The van der Waals surface area contributed by atoms with Crippen LogP contribution in [0.25, 0.3) is 0 Å². The van der Waals surface area contributed by atoms with E-state index in [1.807, 2.05) is 6.07 Å². The summed E-state index contributed by atoms with van der Waals surface area (Å²) in [6, 6.07) is 5.12. The number of hydrogen-bond donors (Lipinski definition) is 1. The molecule has 2 nitrogen and oxygen atoms in total. The van der Waals surface area contributed by atoms with Crippen molar-refractivity contribution >= 4 is 5.69 Å². The molecule has 0 aromatic heterocycles. The van der Waals surface area contributed by atoms with Crippen LogP contribution in [0.15, 0.2) is 18.2 Å². The number of alkyl halides is 2. The highest BCUT2D eigenvalue weighted by atomic mass is 19.3. The summed E-state index contributed by atoms with van der Waals surface area (Å²) in [6.07, 6.45) is 1.05. The monoisotopic (exact) mass is 241 g/mol. The fourth-order valence-corrected chi connectivity index (χ4v) is 2.34. The maximum absolute atomic E-state index is 12.1. The molecule has 1 N–H and O–H groups in total. The van der Waals surface area contributed by atoms with E-state index in [1.165, 1.54) is 0 Å². The average Bonchev–Trinajstić information content (AvgIpc) is 2.59. The second-order valence-corrected chi connectivity index (χ2v) is 4.83. The molecule has 0 spiro atoms. The summed E-state index contributed by atoms with van der Waals surface area (Å²) >= 11 is 0. The zero-order chi connectivity index (χ0) is 12.4. The number of nitrogens with one attached hydrogen (secondary N) is 1. The minimum atomic E-state index is -2.76. The molecule has 0 radical (unpaired) electrons. The van der Waals surface area contributed by atoms with Gasteiger partial charge in [0.25, 0.3) is 0 Å². The first-order valence-corrected chi connectivity index (χ1v) is 5.89. The Kier molecular flexibility index (Phi) is 3.50. The van der Waals surface area contributed by atoms with Gasteiger partial charge in [0.2, 0.25) is 0 Å². The normalized spacial score (nSPS) is 18.4. The van der Waals surface area contributed by atoms with E-state index in [9.17, 15) is 8.78 Å². The third-order valence-corrected chi connectivity index (χ3v) is 2.98. The van der Waals surface area contributed by atoms with Gasteiger partial charge in [-0.3, -0.25) is 0 Å². The van der Waals surface area contributed by atoms with Crippen molar-refractivity contribution < 1.29 is 13.5 Å². The Labute approximate surface area is 100.0 Å². The second kappa shape index (κ2) is 4.90. The van der Waals surface area contributed by atoms with Crippen molar-refractivity contribution in [1.29, 1.82) is 0 Å². The summed E-state index contributed by atoms with van der Waals surface area (Å²) in [5, 5.41) is 3.29. The highest BCUT2D eigenvalue weighted by Crippen LogP contribution is 2.37. The average molecular weight is 241 g/mol. The molecule has 0 saturated carbocycles. The number of anilines is 1. The quantitative estimate of drug-likeness (QED) is 0.864. The predicted octanol–water partition coefficient (Wildman–Crippen LogP) is 3.84. The summed E-state index contributed by atoms with van der Waals surface area (Å²) in [7, 11) is 0. The van der Waals surface area contributed by atoms with E-state index >= 15 is 0 Å². The Balaban J connectivity index is 2.18. The first kappa shape index (κ1) is 12.1. The van der Waals surface area contributed by atoms with Crippen molar-refractivity contribution in [3.05, 3.63) is 23.8 Å². The molecule has 1 atom stereocenters. The lowest BCUT2D eigenvalue weighted by molar-refractivity contribution is -0.0498. The molecule has 1 aromatic rings.